The summed E-state index contributed by atoms with van der Waals surface area (Å²) < 4.78 is 0. The first kappa shape index (κ1) is 11.6. The highest BCUT2D eigenvalue weighted by molar-refractivity contribution is 4.97. The van der Waals surface area contributed by atoms with Crippen LogP contribution < -0.4 is 5.32 Å². The number of aliphatic hydroxyl groups excluding tert-OH is 1. The maximum atomic E-state index is 9.54. The van der Waals surface area contributed by atoms with Crippen molar-refractivity contribution in [1.29, 1.82) is 0 Å². The summed E-state index contributed by atoms with van der Waals surface area (Å²) in [5.74, 6) is 0. The normalized spacial score (nSPS) is 19.8. The smallest absolute Gasteiger partial charge is 0.0499 e. The predicted molar refractivity (Wildman–Crippen MR) is 62.9 cm³/mol. The fourth-order valence-corrected chi connectivity index (χ4v) is 2.54. The number of hydrogen-bond donors (Lipinski definition) is 3. The number of aromatic nitrogens is 2. The number of rotatable bonds is 5. The average molecular weight is 223 g/mol. The van der Waals surface area contributed by atoms with E-state index in [2.05, 4.69) is 15.5 Å². The highest BCUT2D eigenvalue weighted by atomic mass is 16.3. The van der Waals surface area contributed by atoms with Gasteiger partial charge in [-0.25, -0.2) is 0 Å². The van der Waals surface area contributed by atoms with Gasteiger partial charge in [0.1, 0.15) is 0 Å². The monoisotopic (exact) mass is 223 g/mol. The van der Waals surface area contributed by atoms with Crippen molar-refractivity contribution in [3.05, 3.63) is 18.0 Å². The maximum Gasteiger partial charge on any atom is 0.0499 e. The molecule has 1 fully saturated rings. The Hall–Kier alpha value is -0.870. The molecule has 1 aromatic heterocycles. The van der Waals surface area contributed by atoms with Crippen molar-refractivity contribution < 1.29 is 5.11 Å². The molecule has 1 saturated carbocycles. The second-order valence-corrected chi connectivity index (χ2v) is 4.90. The minimum atomic E-state index is 0.123. The molecule has 0 aromatic carbocycles. The third kappa shape index (κ3) is 2.83. The molecule has 4 nitrogen and oxygen atoms in total. The van der Waals surface area contributed by atoms with Crippen molar-refractivity contribution >= 4 is 0 Å². The van der Waals surface area contributed by atoms with E-state index >= 15 is 0 Å². The van der Waals surface area contributed by atoms with Crippen molar-refractivity contribution in [2.24, 2.45) is 5.41 Å². The number of nitrogens with one attached hydrogen (secondary N) is 2. The molecule has 16 heavy (non-hydrogen) atoms. The molecule has 0 saturated heterocycles. The van der Waals surface area contributed by atoms with Crippen LogP contribution in [-0.4, -0.2) is 28.5 Å². The minimum Gasteiger partial charge on any atom is -0.396 e. The lowest BCUT2D eigenvalue weighted by atomic mass is 9.74. The first-order valence-corrected chi connectivity index (χ1v) is 6.14. The molecule has 90 valence electrons. The average Bonchev–Trinajstić information content (AvgIpc) is 2.83. The Morgan fingerprint density at radius 3 is 2.81 bits per heavy atom. The van der Waals surface area contributed by atoms with E-state index in [-0.39, 0.29) is 5.41 Å². The molecular weight excluding hydrogens is 202 g/mol. The van der Waals surface area contributed by atoms with Crippen LogP contribution in [0.5, 0.6) is 0 Å². The van der Waals surface area contributed by atoms with E-state index < -0.39 is 0 Å². The summed E-state index contributed by atoms with van der Waals surface area (Å²) in [6.07, 6.45) is 7.90. The number of nitrogens with zero attached hydrogens (tertiary/aromatic N) is 1. The topological polar surface area (TPSA) is 60.9 Å². The summed E-state index contributed by atoms with van der Waals surface area (Å²) in [5, 5.41) is 19.8. The van der Waals surface area contributed by atoms with Gasteiger partial charge in [-0.15, -0.1) is 0 Å². The molecule has 0 bridgehead atoms. The number of aromatic amines is 1. The summed E-state index contributed by atoms with van der Waals surface area (Å²) in [7, 11) is 0. The zero-order valence-corrected chi connectivity index (χ0v) is 9.71. The Kier molecular flexibility index (Phi) is 3.96. The van der Waals surface area contributed by atoms with Crippen molar-refractivity contribution in [1.82, 2.24) is 15.5 Å². The van der Waals surface area contributed by atoms with E-state index in [1.807, 2.05) is 6.07 Å². The zero-order chi connectivity index (χ0) is 11.3. The second-order valence-electron chi connectivity index (χ2n) is 4.90. The zero-order valence-electron chi connectivity index (χ0n) is 9.71. The van der Waals surface area contributed by atoms with Crippen molar-refractivity contribution in [3.63, 3.8) is 0 Å². The van der Waals surface area contributed by atoms with E-state index in [4.69, 9.17) is 0 Å². The summed E-state index contributed by atoms with van der Waals surface area (Å²) in [6.45, 7) is 2.02. The molecule has 1 heterocycles. The molecule has 2 rings (SSSR count). The van der Waals surface area contributed by atoms with Crippen molar-refractivity contribution in [2.45, 2.75) is 38.6 Å². The lowest BCUT2D eigenvalue weighted by Gasteiger charge is -2.35. The molecule has 0 atom stereocenters. The molecular formula is C12H21N3O. The molecule has 1 aliphatic rings. The van der Waals surface area contributed by atoms with Crippen LogP contribution in [0, 0.1) is 5.41 Å². The Morgan fingerprint density at radius 1 is 1.38 bits per heavy atom. The Labute approximate surface area is 96.5 Å². The summed E-state index contributed by atoms with van der Waals surface area (Å²) >= 11 is 0. The Balaban J connectivity index is 1.78. The number of H-pyrrole nitrogens is 1. The second kappa shape index (κ2) is 5.46. The van der Waals surface area contributed by atoms with Gasteiger partial charge in [0.05, 0.1) is 0 Å². The molecule has 0 radical (unpaired) electrons. The summed E-state index contributed by atoms with van der Waals surface area (Å²) in [5.41, 5.74) is 1.22. The predicted octanol–water partition coefficient (Wildman–Crippen LogP) is 1.44. The molecule has 0 unspecified atom stereocenters. The van der Waals surface area contributed by atoms with E-state index in [1.165, 1.54) is 19.3 Å². The summed E-state index contributed by atoms with van der Waals surface area (Å²) in [6, 6.07) is 1.97. The van der Waals surface area contributed by atoms with E-state index in [0.29, 0.717) is 6.61 Å². The first-order chi connectivity index (χ1) is 7.85. The van der Waals surface area contributed by atoms with Crippen LogP contribution in [0.25, 0.3) is 0 Å². The molecule has 0 aliphatic heterocycles. The van der Waals surface area contributed by atoms with Crippen LogP contribution in [0.15, 0.2) is 12.3 Å². The fourth-order valence-electron chi connectivity index (χ4n) is 2.54. The first-order valence-electron chi connectivity index (χ1n) is 6.14. The van der Waals surface area contributed by atoms with Gasteiger partial charge < -0.3 is 10.4 Å². The standard InChI is InChI=1S/C12H21N3O/c16-10-12(5-2-1-3-6-12)9-13-8-11-4-7-14-15-11/h4,7,13,16H,1-3,5-6,8-10H2,(H,14,15). The molecule has 4 heteroatoms. The van der Waals surface area contributed by atoms with Crippen LogP contribution in [-0.2, 0) is 6.54 Å². The van der Waals surface area contributed by atoms with Crippen LogP contribution >= 0.6 is 0 Å². The van der Waals surface area contributed by atoms with E-state index in [9.17, 15) is 5.11 Å². The van der Waals surface area contributed by atoms with Gasteiger partial charge in [0.2, 0.25) is 0 Å². The Morgan fingerprint density at radius 2 is 2.19 bits per heavy atom. The summed E-state index contributed by atoms with van der Waals surface area (Å²) in [4.78, 5) is 0. The largest absolute Gasteiger partial charge is 0.396 e. The molecule has 0 spiro atoms. The van der Waals surface area contributed by atoms with Crippen molar-refractivity contribution in [2.75, 3.05) is 13.2 Å². The maximum absolute atomic E-state index is 9.54. The molecule has 1 aromatic rings. The van der Waals surface area contributed by atoms with Gasteiger partial charge in [-0.1, -0.05) is 19.3 Å². The van der Waals surface area contributed by atoms with Crippen molar-refractivity contribution in [3.8, 4) is 0 Å². The minimum absolute atomic E-state index is 0.123. The Bertz CT molecular complexity index is 291. The van der Waals surface area contributed by atoms with Gasteiger partial charge in [-0.05, 0) is 18.9 Å². The SMILES string of the molecule is OCC1(CNCc2ccn[nH]2)CCCCC1. The highest BCUT2D eigenvalue weighted by Crippen LogP contribution is 2.35. The quantitative estimate of drug-likeness (QED) is 0.708. The number of hydrogen-bond acceptors (Lipinski definition) is 3. The highest BCUT2D eigenvalue weighted by Gasteiger charge is 2.30. The van der Waals surface area contributed by atoms with Gasteiger partial charge in [-0.2, -0.15) is 5.10 Å². The fraction of sp³-hybridized carbons (Fsp3) is 0.750. The van der Waals surface area contributed by atoms with Crippen LogP contribution in [0.1, 0.15) is 37.8 Å². The van der Waals surface area contributed by atoms with E-state index in [0.717, 1.165) is 31.6 Å². The number of aliphatic hydroxyl groups is 1. The lowest BCUT2D eigenvalue weighted by Crippen LogP contribution is -2.38. The van der Waals surface area contributed by atoms with Gasteiger partial charge in [-0.3, -0.25) is 5.10 Å². The van der Waals surface area contributed by atoms with Gasteiger partial charge in [0.15, 0.2) is 0 Å². The van der Waals surface area contributed by atoms with Crippen LogP contribution in [0.4, 0.5) is 0 Å². The third-order valence-corrected chi connectivity index (χ3v) is 3.62. The van der Waals surface area contributed by atoms with Crippen LogP contribution in [0.2, 0.25) is 0 Å². The van der Waals surface area contributed by atoms with Gasteiger partial charge in [0.25, 0.3) is 0 Å². The molecule has 0 amide bonds. The molecule has 1 aliphatic carbocycles. The molecule has 3 N–H and O–H groups in total. The van der Waals surface area contributed by atoms with Gasteiger partial charge >= 0.3 is 0 Å². The lowest BCUT2D eigenvalue weighted by molar-refractivity contribution is 0.0810. The van der Waals surface area contributed by atoms with Crippen LogP contribution in [0.3, 0.4) is 0 Å². The van der Waals surface area contributed by atoms with Gasteiger partial charge in [0, 0.05) is 37.0 Å². The van der Waals surface area contributed by atoms with E-state index in [1.54, 1.807) is 6.20 Å². The third-order valence-electron chi connectivity index (χ3n) is 3.62.